The van der Waals surface area contributed by atoms with Crippen molar-refractivity contribution in [3.8, 4) is 0 Å². The van der Waals surface area contributed by atoms with Gasteiger partial charge in [-0.2, -0.15) is 4.31 Å². The van der Waals surface area contributed by atoms with Crippen LogP contribution in [0.5, 0.6) is 0 Å². The fourth-order valence-corrected chi connectivity index (χ4v) is 3.21. The van der Waals surface area contributed by atoms with Crippen molar-refractivity contribution in [1.29, 1.82) is 0 Å². The van der Waals surface area contributed by atoms with Crippen LogP contribution < -0.4 is 5.73 Å². The minimum atomic E-state index is -3.61. The fraction of sp³-hybridized carbons (Fsp3) is 0.273. The number of benzene rings is 1. The van der Waals surface area contributed by atoms with Gasteiger partial charge in [0.15, 0.2) is 0 Å². The molecular weight excluding hydrogens is 260 g/mol. The normalized spacial score (nSPS) is 11.7. The molecule has 0 amide bonds. The average molecular weight is 275 g/mol. The highest BCUT2D eigenvalue weighted by Crippen LogP contribution is 2.25. The predicted octanol–water partition coefficient (Wildman–Crippen LogP) is 2.12. The summed E-state index contributed by atoms with van der Waals surface area (Å²) in [7, 11) is -3.61. The predicted molar refractivity (Wildman–Crippen MR) is 70.5 cm³/mol. The van der Waals surface area contributed by atoms with Crippen molar-refractivity contribution in [3.63, 3.8) is 0 Å². The van der Waals surface area contributed by atoms with E-state index in [1.807, 2.05) is 0 Å². The standard InChI is InChI=1S/C11H15ClN2O2S/c1-3-7-14(4-2)17(15,16)11-8-9(12)5-6-10(11)13/h3,5-6,8H,1,4,7,13H2,2H3. The maximum atomic E-state index is 12.3. The first kappa shape index (κ1) is 14.0. The summed E-state index contributed by atoms with van der Waals surface area (Å²) in [5, 5.41) is 0.340. The zero-order chi connectivity index (χ0) is 13.1. The molecule has 2 N–H and O–H groups in total. The van der Waals surface area contributed by atoms with Crippen molar-refractivity contribution in [2.75, 3.05) is 18.8 Å². The Kier molecular flexibility index (Phi) is 4.56. The van der Waals surface area contributed by atoms with Crippen LogP contribution in [0.2, 0.25) is 5.02 Å². The van der Waals surface area contributed by atoms with Crippen molar-refractivity contribution in [1.82, 2.24) is 4.31 Å². The van der Waals surface area contributed by atoms with Gasteiger partial charge in [0.1, 0.15) is 4.90 Å². The van der Waals surface area contributed by atoms with Crippen LogP contribution in [-0.4, -0.2) is 25.8 Å². The molecule has 1 aromatic rings. The maximum Gasteiger partial charge on any atom is 0.245 e. The Balaban J connectivity index is 3.29. The van der Waals surface area contributed by atoms with Crippen LogP contribution in [0.25, 0.3) is 0 Å². The first-order valence-electron chi connectivity index (χ1n) is 5.09. The minimum absolute atomic E-state index is 0.0358. The summed E-state index contributed by atoms with van der Waals surface area (Å²) in [5.74, 6) is 0. The quantitative estimate of drug-likeness (QED) is 0.661. The molecule has 6 heteroatoms. The zero-order valence-corrected chi connectivity index (χ0v) is 11.1. The Bertz CT molecular complexity index is 514. The number of likely N-dealkylation sites (N-methyl/N-ethyl adjacent to an activating group) is 1. The number of nitrogens with two attached hydrogens (primary N) is 1. The van der Waals surface area contributed by atoms with E-state index in [1.54, 1.807) is 13.0 Å². The lowest BCUT2D eigenvalue weighted by Crippen LogP contribution is -2.31. The van der Waals surface area contributed by atoms with Gasteiger partial charge >= 0.3 is 0 Å². The van der Waals surface area contributed by atoms with Crippen LogP contribution in [-0.2, 0) is 10.0 Å². The average Bonchev–Trinajstić information content (AvgIpc) is 2.28. The van der Waals surface area contributed by atoms with Gasteiger partial charge in [0.05, 0.1) is 5.69 Å². The summed E-state index contributed by atoms with van der Waals surface area (Å²) < 4.78 is 25.8. The van der Waals surface area contributed by atoms with Gasteiger partial charge in [-0.25, -0.2) is 8.42 Å². The first-order chi connectivity index (χ1) is 7.93. The molecule has 17 heavy (non-hydrogen) atoms. The van der Waals surface area contributed by atoms with Gasteiger partial charge in [0.2, 0.25) is 10.0 Å². The van der Waals surface area contributed by atoms with E-state index in [0.29, 0.717) is 11.6 Å². The van der Waals surface area contributed by atoms with E-state index in [2.05, 4.69) is 6.58 Å². The van der Waals surface area contributed by atoms with E-state index in [0.717, 1.165) is 0 Å². The molecule has 0 aliphatic rings. The first-order valence-corrected chi connectivity index (χ1v) is 6.91. The van der Waals surface area contributed by atoms with E-state index < -0.39 is 10.0 Å². The second kappa shape index (κ2) is 5.53. The number of hydrogen-bond acceptors (Lipinski definition) is 3. The van der Waals surface area contributed by atoms with Gasteiger partial charge in [-0.05, 0) is 18.2 Å². The molecule has 1 aromatic carbocycles. The van der Waals surface area contributed by atoms with E-state index in [9.17, 15) is 8.42 Å². The van der Waals surface area contributed by atoms with Crippen LogP contribution in [0.1, 0.15) is 6.92 Å². The van der Waals surface area contributed by atoms with Crippen LogP contribution in [0, 0.1) is 0 Å². The summed E-state index contributed by atoms with van der Waals surface area (Å²) in [6.07, 6.45) is 1.53. The SMILES string of the molecule is C=CCN(CC)S(=O)(=O)c1cc(Cl)ccc1N. The second-order valence-electron chi connectivity index (χ2n) is 3.43. The highest BCUT2D eigenvalue weighted by molar-refractivity contribution is 7.89. The number of nitrogens with zero attached hydrogens (tertiary/aromatic N) is 1. The molecule has 0 heterocycles. The molecule has 1 rings (SSSR count). The van der Waals surface area contributed by atoms with E-state index >= 15 is 0 Å². The van der Waals surface area contributed by atoms with Crippen molar-refractivity contribution >= 4 is 27.3 Å². The fourth-order valence-electron chi connectivity index (χ4n) is 1.41. The monoisotopic (exact) mass is 274 g/mol. The molecule has 0 aliphatic carbocycles. The lowest BCUT2D eigenvalue weighted by molar-refractivity contribution is 0.460. The Hall–Kier alpha value is -1.04. The van der Waals surface area contributed by atoms with Crippen molar-refractivity contribution in [2.45, 2.75) is 11.8 Å². The van der Waals surface area contributed by atoms with E-state index in [-0.39, 0.29) is 17.1 Å². The highest BCUT2D eigenvalue weighted by Gasteiger charge is 2.24. The Labute approximate surface area is 107 Å². The Morgan fingerprint density at radius 3 is 2.71 bits per heavy atom. The third-order valence-corrected chi connectivity index (χ3v) is 4.51. The zero-order valence-electron chi connectivity index (χ0n) is 9.56. The minimum Gasteiger partial charge on any atom is -0.398 e. The maximum absolute atomic E-state index is 12.3. The molecule has 4 nitrogen and oxygen atoms in total. The molecule has 0 unspecified atom stereocenters. The third kappa shape index (κ3) is 3.00. The molecule has 0 aliphatic heterocycles. The van der Waals surface area contributed by atoms with Gasteiger partial charge in [-0.1, -0.05) is 24.6 Å². The van der Waals surface area contributed by atoms with Crippen LogP contribution >= 0.6 is 11.6 Å². The molecule has 0 saturated heterocycles. The van der Waals surface area contributed by atoms with Crippen LogP contribution in [0.15, 0.2) is 35.7 Å². The molecule has 0 fully saturated rings. The molecule has 0 bridgehead atoms. The lowest BCUT2D eigenvalue weighted by atomic mass is 10.3. The summed E-state index contributed by atoms with van der Waals surface area (Å²) in [4.78, 5) is 0.0358. The summed E-state index contributed by atoms with van der Waals surface area (Å²) in [6.45, 7) is 5.87. The molecular formula is C11H15ClN2O2S. The number of hydrogen-bond donors (Lipinski definition) is 1. The smallest absolute Gasteiger partial charge is 0.245 e. The van der Waals surface area contributed by atoms with Crippen molar-refractivity contribution < 1.29 is 8.42 Å². The number of anilines is 1. The topological polar surface area (TPSA) is 63.4 Å². The molecule has 0 atom stereocenters. The largest absolute Gasteiger partial charge is 0.398 e. The molecule has 0 radical (unpaired) electrons. The van der Waals surface area contributed by atoms with Gasteiger partial charge in [0.25, 0.3) is 0 Å². The Morgan fingerprint density at radius 2 is 2.18 bits per heavy atom. The number of rotatable bonds is 5. The van der Waals surface area contributed by atoms with Gasteiger partial charge in [-0.3, -0.25) is 0 Å². The number of halogens is 1. The molecule has 94 valence electrons. The van der Waals surface area contributed by atoms with Crippen molar-refractivity contribution in [2.24, 2.45) is 0 Å². The third-order valence-electron chi connectivity index (χ3n) is 2.28. The molecule has 0 aromatic heterocycles. The van der Waals surface area contributed by atoms with E-state index in [1.165, 1.54) is 22.5 Å². The van der Waals surface area contributed by atoms with Gasteiger partial charge < -0.3 is 5.73 Å². The second-order valence-corrected chi connectivity index (χ2v) is 5.77. The van der Waals surface area contributed by atoms with Crippen molar-refractivity contribution in [3.05, 3.63) is 35.9 Å². The van der Waals surface area contributed by atoms with E-state index in [4.69, 9.17) is 17.3 Å². The summed E-state index contributed by atoms with van der Waals surface area (Å²) in [5.41, 5.74) is 5.87. The van der Waals surface area contributed by atoms with Gasteiger partial charge in [0, 0.05) is 18.1 Å². The van der Waals surface area contributed by atoms with Crippen LogP contribution in [0.4, 0.5) is 5.69 Å². The van der Waals surface area contributed by atoms with Gasteiger partial charge in [-0.15, -0.1) is 6.58 Å². The molecule has 0 saturated carbocycles. The highest BCUT2D eigenvalue weighted by atomic mass is 35.5. The lowest BCUT2D eigenvalue weighted by Gasteiger charge is -2.19. The number of nitrogen functional groups attached to an aromatic ring is 1. The summed E-state index contributed by atoms with van der Waals surface area (Å²) in [6, 6.07) is 4.40. The number of sulfonamides is 1. The van der Waals surface area contributed by atoms with Crippen LogP contribution in [0.3, 0.4) is 0 Å². The molecule has 0 spiro atoms. The Morgan fingerprint density at radius 1 is 1.53 bits per heavy atom. The summed E-state index contributed by atoms with van der Waals surface area (Å²) >= 11 is 5.79.